The van der Waals surface area contributed by atoms with Gasteiger partial charge in [-0.05, 0) is 28.7 Å². The molecule has 0 aliphatic heterocycles. The number of hydrogen-bond donors (Lipinski definition) is 3. The summed E-state index contributed by atoms with van der Waals surface area (Å²) in [6, 6.07) is 14.8. The first kappa shape index (κ1) is 24.0. The molecule has 0 saturated heterocycles. The molecule has 0 saturated carbocycles. The van der Waals surface area contributed by atoms with E-state index in [1.165, 1.54) is 11.0 Å². The minimum atomic E-state index is -1.09. The van der Waals surface area contributed by atoms with Crippen molar-refractivity contribution in [3.63, 3.8) is 0 Å². The molecule has 0 aromatic heterocycles. The minimum Gasteiger partial charge on any atom is -0.481 e. The van der Waals surface area contributed by atoms with Gasteiger partial charge >= 0.3 is 12.1 Å². The van der Waals surface area contributed by atoms with Crippen molar-refractivity contribution >= 4 is 18.0 Å². The van der Waals surface area contributed by atoms with Gasteiger partial charge in [-0.15, -0.1) is 6.58 Å². The van der Waals surface area contributed by atoms with Crippen LogP contribution in [0.25, 0.3) is 11.1 Å². The molecule has 3 N–H and O–H groups in total. The number of ether oxygens (including phenoxy) is 1. The highest BCUT2D eigenvalue weighted by Crippen LogP contribution is 2.44. The molecule has 0 heterocycles. The fourth-order valence-electron chi connectivity index (χ4n) is 4.10. The summed E-state index contributed by atoms with van der Waals surface area (Å²) in [6.07, 6.45) is 0.288. The lowest BCUT2D eigenvalue weighted by Crippen LogP contribution is -2.49. The van der Waals surface area contributed by atoms with Gasteiger partial charge in [-0.2, -0.15) is 0 Å². The van der Waals surface area contributed by atoms with E-state index in [4.69, 9.17) is 9.84 Å². The van der Waals surface area contributed by atoms with Crippen LogP contribution in [0.2, 0.25) is 0 Å². The monoisotopic (exact) mass is 452 g/mol. The standard InChI is InChI=1S/C25H28N2O6/c1-2-13-27(14-15-28)24(31)22(11-12-23(29)30)26-25(32)33-16-21-19-9-5-3-7-17(19)18-8-4-6-10-20(18)21/h2-10,21-22,28H,1,11-16H2,(H,26,32)(H,29,30). The van der Waals surface area contributed by atoms with Crippen LogP contribution in [0.15, 0.2) is 61.2 Å². The summed E-state index contributed by atoms with van der Waals surface area (Å²) in [7, 11) is 0. The molecule has 0 radical (unpaired) electrons. The third-order valence-corrected chi connectivity index (χ3v) is 5.61. The minimum absolute atomic E-state index is 0.0425. The molecule has 0 spiro atoms. The fraction of sp³-hybridized carbons (Fsp3) is 0.320. The number of carbonyl (C=O) groups is 3. The van der Waals surface area contributed by atoms with Crippen LogP contribution >= 0.6 is 0 Å². The Kier molecular flexibility index (Phi) is 8.21. The molecule has 1 atom stereocenters. The van der Waals surface area contributed by atoms with E-state index in [9.17, 15) is 19.5 Å². The van der Waals surface area contributed by atoms with Gasteiger partial charge in [0.25, 0.3) is 0 Å². The van der Waals surface area contributed by atoms with Crippen LogP contribution < -0.4 is 5.32 Å². The topological polar surface area (TPSA) is 116 Å². The fourth-order valence-corrected chi connectivity index (χ4v) is 4.10. The van der Waals surface area contributed by atoms with E-state index in [1.54, 1.807) is 0 Å². The SMILES string of the molecule is C=CCN(CCO)C(=O)C(CCC(=O)O)NC(=O)OCC1c2ccccc2-c2ccccc21. The molecule has 174 valence electrons. The normalized spacial score (nSPS) is 12.9. The molecule has 0 bridgehead atoms. The molecule has 33 heavy (non-hydrogen) atoms. The van der Waals surface area contributed by atoms with Crippen molar-refractivity contribution in [1.29, 1.82) is 0 Å². The van der Waals surface area contributed by atoms with Gasteiger partial charge in [0, 0.05) is 25.4 Å². The third kappa shape index (κ3) is 5.78. The molecule has 2 aromatic carbocycles. The molecule has 1 aliphatic rings. The van der Waals surface area contributed by atoms with Crippen molar-refractivity contribution in [1.82, 2.24) is 10.2 Å². The van der Waals surface area contributed by atoms with Gasteiger partial charge < -0.3 is 25.2 Å². The number of rotatable bonds is 11. The van der Waals surface area contributed by atoms with E-state index in [0.29, 0.717) is 0 Å². The Morgan fingerprint density at radius 2 is 1.70 bits per heavy atom. The number of nitrogens with one attached hydrogen (secondary N) is 1. The number of aliphatic hydroxyl groups excluding tert-OH is 1. The molecule has 2 aromatic rings. The third-order valence-electron chi connectivity index (χ3n) is 5.61. The summed E-state index contributed by atoms with van der Waals surface area (Å²) < 4.78 is 5.49. The Morgan fingerprint density at radius 1 is 1.09 bits per heavy atom. The second-order valence-electron chi connectivity index (χ2n) is 7.75. The number of alkyl carbamates (subject to hydrolysis) is 1. The van der Waals surface area contributed by atoms with Gasteiger partial charge in [-0.25, -0.2) is 4.79 Å². The average Bonchev–Trinajstić information content (AvgIpc) is 3.13. The van der Waals surface area contributed by atoms with Gasteiger partial charge in [0.1, 0.15) is 12.6 Å². The Bertz CT molecular complexity index is 976. The van der Waals surface area contributed by atoms with Crippen LogP contribution in [0.4, 0.5) is 4.79 Å². The maximum atomic E-state index is 12.9. The molecule has 2 amide bonds. The van der Waals surface area contributed by atoms with E-state index in [2.05, 4.69) is 11.9 Å². The van der Waals surface area contributed by atoms with E-state index >= 15 is 0 Å². The zero-order valence-corrected chi connectivity index (χ0v) is 18.3. The number of carbonyl (C=O) groups excluding carboxylic acids is 2. The van der Waals surface area contributed by atoms with Gasteiger partial charge in [-0.1, -0.05) is 54.6 Å². The van der Waals surface area contributed by atoms with E-state index in [0.717, 1.165) is 22.3 Å². The lowest BCUT2D eigenvalue weighted by Gasteiger charge is -2.26. The molecule has 0 fully saturated rings. The van der Waals surface area contributed by atoms with Crippen LogP contribution in [0.5, 0.6) is 0 Å². The Labute approximate surface area is 192 Å². The van der Waals surface area contributed by atoms with Crippen LogP contribution in [-0.2, 0) is 14.3 Å². The lowest BCUT2D eigenvalue weighted by molar-refractivity contribution is -0.138. The summed E-state index contributed by atoms with van der Waals surface area (Å²) in [5.41, 5.74) is 4.32. The molecule has 1 aliphatic carbocycles. The van der Waals surface area contributed by atoms with Crippen molar-refractivity contribution in [2.45, 2.75) is 24.8 Å². The summed E-state index contributed by atoms with van der Waals surface area (Å²) in [5, 5.41) is 20.8. The Balaban J connectivity index is 1.69. The molecule has 8 nitrogen and oxygen atoms in total. The van der Waals surface area contributed by atoms with Crippen LogP contribution in [0, 0.1) is 0 Å². The first-order valence-corrected chi connectivity index (χ1v) is 10.8. The number of amides is 2. The zero-order valence-electron chi connectivity index (χ0n) is 18.3. The highest BCUT2D eigenvalue weighted by atomic mass is 16.5. The van der Waals surface area contributed by atoms with Gasteiger partial charge in [-0.3, -0.25) is 9.59 Å². The molecule has 1 unspecified atom stereocenters. The maximum absolute atomic E-state index is 12.9. The predicted molar refractivity (Wildman–Crippen MR) is 123 cm³/mol. The molecule has 3 rings (SSSR count). The smallest absolute Gasteiger partial charge is 0.407 e. The van der Waals surface area contributed by atoms with Gasteiger partial charge in [0.05, 0.1) is 6.61 Å². The van der Waals surface area contributed by atoms with E-state index in [-0.39, 0.29) is 45.1 Å². The summed E-state index contributed by atoms with van der Waals surface area (Å²) in [4.78, 5) is 37.8. The number of benzene rings is 2. The largest absolute Gasteiger partial charge is 0.481 e. The van der Waals surface area contributed by atoms with Crippen LogP contribution in [0.1, 0.15) is 29.9 Å². The van der Waals surface area contributed by atoms with Crippen molar-refractivity contribution in [3.05, 3.63) is 72.3 Å². The van der Waals surface area contributed by atoms with Gasteiger partial charge in [0.15, 0.2) is 0 Å². The number of carboxylic acids is 1. The highest BCUT2D eigenvalue weighted by molar-refractivity contribution is 5.86. The van der Waals surface area contributed by atoms with Gasteiger partial charge in [0.2, 0.25) is 5.91 Å². The lowest BCUT2D eigenvalue weighted by atomic mass is 9.98. The second kappa shape index (κ2) is 11.3. The predicted octanol–water partition coefficient (Wildman–Crippen LogP) is 2.77. The number of aliphatic carboxylic acids is 1. The number of fused-ring (bicyclic) bond motifs is 3. The number of hydrogen-bond acceptors (Lipinski definition) is 5. The van der Waals surface area contributed by atoms with Crippen molar-refractivity contribution in [2.75, 3.05) is 26.3 Å². The number of aliphatic hydroxyl groups is 1. The zero-order chi connectivity index (χ0) is 23.8. The average molecular weight is 453 g/mol. The molecular formula is C25H28N2O6. The van der Waals surface area contributed by atoms with Crippen LogP contribution in [0.3, 0.4) is 0 Å². The number of nitrogens with zero attached hydrogens (tertiary/aromatic N) is 1. The molecule has 8 heteroatoms. The summed E-state index contributed by atoms with van der Waals surface area (Å²) >= 11 is 0. The van der Waals surface area contributed by atoms with E-state index < -0.39 is 24.0 Å². The Hall–Kier alpha value is -3.65. The first-order chi connectivity index (χ1) is 16.0. The van der Waals surface area contributed by atoms with E-state index in [1.807, 2.05) is 48.5 Å². The first-order valence-electron chi connectivity index (χ1n) is 10.8. The maximum Gasteiger partial charge on any atom is 0.407 e. The quantitative estimate of drug-likeness (QED) is 0.452. The van der Waals surface area contributed by atoms with Crippen LogP contribution in [-0.4, -0.2) is 65.4 Å². The second-order valence-corrected chi connectivity index (χ2v) is 7.75. The van der Waals surface area contributed by atoms with Crippen molar-refractivity contribution < 1.29 is 29.3 Å². The van der Waals surface area contributed by atoms with Crippen molar-refractivity contribution in [3.8, 4) is 11.1 Å². The number of carboxylic acid groups (broad SMARTS) is 1. The summed E-state index contributed by atoms with van der Waals surface area (Å²) in [6.45, 7) is 3.60. The Morgan fingerprint density at radius 3 is 2.24 bits per heavy atom. The molecular weight excluding hydrogens is 424 g/mol. The van der Waals surface area contributed by atoms with Crippen molar-refractivity contribution in [2.24, 2.45) is 0 Å². The summed E-state index contributed by atoms with van der Waals surface area (Å²) in [5.74, 6) is -1.72. The highest BCUT2D eigenvalue weighted by Gasteiger charge is 2.30.